The van der Waals surface area contributed by atoms with Gasteiger partial charge in [-0.25, -0.2) is 14.0 Å². The number of fused-ring (bicyclic) bond motifs is 1. The molecular formula is C29H28F4N4O5. The van der Waals surface area contributed by atoms with Gasteiger partial charge in [0.05, 0.1) is 33.9 Å². The zero-order valence-corrected chi connectivity index (χ0v) is 22.9. The Morgan fingerprint density at radius 3 is 2.29 bits per heavy atom. The van der Waals surface area contributed by atoms with Crippen LogP contribution in [0, 0.1) is 5.82 Å². The van der Waals surface area contributed by atoms with Gasteiger partial charge in [0.15, 0.2) is 0 Å². The Labute approximate surface area is 237 Å². The van der Waals surface area contributed by atoms with Crippen LogP contribution in [-0.4, -0.2) is 63.7 Å². The first-order valence-electron chi connectivity index (χ1n) is 13.2. The number of anilines is 1. The van der Waals surface area contributed by atoms with Crippen molar-refractivity contribution in [3.05, 3.63) is 59.0 Å². The Hall–Kier alpha value is -4.42. The maximum atomic E-state index is 14.6. The summed E-state index contributed by atoms with van der Waals surface area (Å²) in [4.78, 5) is 42.4. The number of carbonyl (C=O) groups excluding carboxylic acids is 2. The van der Waals surface area contributed by atoms with Gasteiger partial charge in [-0.3, -0.25) is 9.78 Å². The van der Waals surface area contributed by atoms with Gasteiger partial charge in [-0.1, -0.05) is 6.07 Å². The van der Waals surface area contributed by atoms with Crippen molar-refractivity contribution in [2.75, 3.05) is 18.4 Å². The van der Waals surface area contributed by atoms with Gasteiger partial charge in [0.1, 0.15) is 11.4 Å². The minimum atomic E-state index is -4.86. The van der Waals surface area contributed by atoms with Gasteiger partial charge in [-0.2, -0.15) is 13.2 Å². The summed E-state index contributed by atoms with van der Waals surface area (Å²) in [5.74, 6) is -3.22. The van der Waals surface area contributed by atoms with Gasteiger partial charge >= 0.3 is 18.2 Å². The number of amides is 2. The molecule has 0 radical (unpaired) electrons. The fourth-order valence-corrected chi connectivity index (χ4v) is 4.64. The Kier molecular flexibility index (Phi) is 7.23. The molecule has 42 heavy (non-hydrogen) atoms. The number of benzene rings is 2. The summed E-state index contributed by atoms with van der Waals surface area (Å²) in [5, 5.41) is 15.4. The van der Waals surface area contributed by atoms with Crippen LogP contribution in [0.25, 0.3) is 22.0 Å². The lowest BCUT2D eigenvalue weighted by Gasteiger charge is -2.40. The van der Waals surface area contributed by atoms with E-state index < -0.39 is 52.3 Å². The van der Waals surface area contributed by atoms with Crippen molar-refractivity contribution in [1.29, 1.82) is 0 Å². The smallest absolute Gasteiger partial charge is 0.417 e. The molecule has 3 aromatic rings. The quantitative estimate of drug-likeness (QED) is 0.317. The molecule has 1 saturated heterocycles. The highest BCUT2D eigenvalue weighted by Crippen LogP contribution is 2.42. The Morgan fingerprint density at radius 1 is 1.02 bits per heavy atom. The number of likely N-dealkylation sites (tertiary alicyclic amines) is 1. The van der Waals surface area contributed by atoms with Crippen LogP contribution >= 0.6 is 0 Å². The van der Waals surface area contributed by atoms with E-state index in [9.17, 15) is 31.9 Å². The van der Waals surface area contributed by atoms with E-state index in [0.29, 0.717) is 0 Å². The van der Waals surface area contributed by atoms with E-state index >= 15 is 0 Å². The average Bonchev–Trinajstić information content (AvgIpc) is 3.66. The number of nitrogens with one attached hydrogen (secondary N) is 2. The number of rotatable bonds is 6. The predicted molar refractivity (Wildman–Crippen MR) is 145 cm³/mol. The molecule has 9 nitrogen and oxygen atoms in total. The summed E-state index contributed by atoms with van der Waals surface area (Å²) in [6.07, 6.45) is -2.56. The van der Waals surface area contributed by atoms with Crippen LogP contribution in [0.2, 0.25) is 0 Å². The number of carboxylic acids is 1. The van der Waals surface area contributed by atoms with E-state index in [4.69, 9.17) is 9.84 Å². The fourth-order valence-electron chi connectivity index (χ4n) is 4.64. The standard InChI is InChI=1S/C29H28F4N4O5/c1-28(2,3)42-27(41)37-12-16(13-37)35-24-19-9-18(14-4-7-17(26(39)40)22(30)8-14)21(29(31,32)33)10-23(19)34-11-20(24)25(38)36-15-5-6-15/h4,7-11,15-16H,5-6,12-13H2,1-3H3,(H,34,35)(H,36,38)(H,39,40). The third kappa shape index (κ3) is 6.09. The zero-order valence-electron chi connectivity index (χ0n) is 22.9. The second-order valence-corrected chi connectivity index (χ2v) is 11.4. The van der Waals surface area contributed by atoms with Gasteiger partial charge in [-0.05, 0) is 69.0 Å². The second-order valence-electron chi connectivity index (χ2n) is 11.4. The van der Waals surface area contributed by atoms with Gasteiger partial charge in [0.2, 0.25) is 0 Å². The molecule has 3 N–H and O–H groups in total. The molecule has 0 bridgehead atoms. The van der Waals surface area contributed by atoms with Crippen LogP contribution in [0.3, 0.4) is 0 Å². The second kappa shape index (κ2) is 10.4. The number of carbonyl (C=O) groups is 3. The first kappa shape index (κ1) is 29.1. The summed E-state index contributed by atoms with van der Waals surface area (Å²) < 4.78 is 62.5. The molecule has 5 rings (SSSR count). The van der Waals surface area contributed by atoms with Crippen molar-refractivity contribution in [2.24, 2.45) is 0 Å². The van der Waals surface area contributed by atoms with Crippen molar-refractivity contribution in [3.8, 4) is 11.1 Å². The average molecular weight is 589 g/mol. The van der Waals surface area contributed by atoms with Gasteiger partial charge in [0.25, 0.3) is 5.91 Å². The molecular weight excluding hydrogens is 560 g/mol. The molecule has 2 aliphatic rings. The zero-order chi connectivity index (χ0) is 30.6. The van der Waals surface area contributed by atoms with E-state index in [1.165, 1.54) is 17.2 Å². The van der Waals surface area contributed by atoms with Gasteiger partial charge < -0.3 is 25.4 Å². The Morgan fingerprint density at radius 2 is 1.71 bits per heavy atom. The molecule has 1 aromatic heterocycles. The monoisotopic (exact) mass is 588 g/mol. The number of halogens is 4. The topological polar surface area (TPSA) is 121 Å². The minimum Gasteiger partial charge on any atom is -0.478 e. The highest BCUT2D eigenvalue weighted by molar-refractivity contribution is 6.08. The number of alkyl halides is 3. The number of nitrogens with zero attached hydrogens (tertiary/aromatic N) is 2. The largest absolute Gasteiger partial charge is 0.478 e. The number of aromatic carboxylic acids is 1. The molecule has 13 heteroatoms. The lowest BCUT2D eigenvalue weighted by Crippen LogP contribution is -2.58. The summed E-state index contributed by atoms with van der Waals surface area (Å²) in [7, 11) is 0. The molecule has 2 amide bonds. The van der Waals surface area contributed by atoms with E-state index in [2.05, 4.69) is 15.6 Å². The Bertz CT molecular complexity index is 1590. The van der Waals surface area contributed by atoms with Gasteiger partial charge in [0, 0.05) is 30.7 Å². The number of hydrogen-bond donors (Lipinski definition) is 3. The van der Waals surface area contributed by atoms with Crippen LogP contribution in [0.15, 0.2) is 36.5 Å². The van der Waals surface area contributed by atoms with Crippen LogP contribution in [0.1, 0.15) is 59.9 Å². The summed E-state index contributed by atoms with van der Waals surface area (Å²) in [5.41, 5.74) is -2.86. The van der Waals surface area contributed by atoms with E-state index in [1.54, 1.807) is 20.8 Å². The van der Waals surface area contributed by atoms with Crippen LogP contribution in [0.5, 0.6) is 0 Å². The summed E-state index contributed by atoms with van der Waals surface area (Å²) >= 11 is 0. The minimum absolute atomic E-state index is 0.00805. The van der Waals surface area contributed by atoms with Gasteiger partial charge in [-0.15, -0.1) is 0 Å². The van der Waals surface area contributed by atoms with E-state index in [-0.39, 0.29) is 52.9 Å². The van der Waals surface area contributed by atoms with E-state index in [1.807, 2.05) is 0 Å². The molecule has 2 fully saturated rings. The fraction of sp³-hybridized carbons (Fsp3) is 0.379. The number of aromatic nitrogens is 1. The Balaban J connectivity index is 1.59. The SMILES string of the molecule is CC(C)(C)OC(=O)N1CC(Nc2c(C(=O)NC3CC3)cnc3cc(C(F)(F)F)c(-c4ccc(C(=O)O)c(F)c4)cc23)C1. The van der Waals surface area contributed by atoms with Crippen molar-refractivity contribution >= 4 is 34.6 Å². The highest BCUT2D eigenvalue weighted by Gasteiger charge is 2.37. The van der Waals surface area contributed by atoms with E-state index in [0.717, 1.165) is 37.1 Å². The molecule has 222 valence electrons. The van der Waals surface area contributed by atoms with Crippen LogP contribution in [-0.2, 0) is 10.9 Å². The maximum absolute atomic E-state index is 14.6. The maximum Gasteiger partial charge on any atom is 0.417 e. The number of pyridine rings is 1. The third-order valence-corrected chi connectivity index (χ3v) is 6.86. The molecule has 2 heterocycles. The first-order valence-corrected chi connectivity index (χ1v) is 13.2. The van der Waals surface area contributed by atoms with Crippen LogP contribution < -0.4 is 10.6 Å². The predicted octanol–water partition coefficient (Wildman–Crippen LogP) is 5.68. The normalized spacial score (nSPS) is 15.7. The first-order chi connectivity index (χ1) is 19.6. The molecule has 2 aromatic carbocycles. The van der Waals surface area contributed by atoms with Crippen molar-refractivity contribution in [2.45, 2.75) is 57.5 Å². The molecule has 1 aliphatic heterocycles. The third-order valence-electron chi connectivity index (χ3n) is 6.86. The van der Waals surface area contributed by atoms with Crippen molar-refractivity contribution in [1.82, 2.24) is 15.2 Å². The molecule has 1 saturated carbocycles. The molecule has 0 unspecified atom stereocenters. The van der Waals surface area contributed by atoms with Crippen molar-refractivity contribution in [3.63, 3.8) is 0 Å². The number of ether oxygens (including phenoxy) is 1. The number of carboxylic acid groups (broad SMARTS) is 1. The van der Waals surface area contributed by atoms with Crippen LogP contribution in [0.4, 0.5) is 28.0 Å². The summed E-state index contributed by atoms with van der Waals surface area (Å²) in [6.45, 7) is 5.65. The molecule has 1 aliphatic carbocycles. The van der Waals surface area contributed by atoms with Crippen molar-refractivity contribution < 1.29 is 41.8 Å². The lowest BCUT2D eigenvalue weighted by molar-refractivity contribution is -0.137. The lowest BCUT2D eigenvalue weighted by atomic mass is 9.94. The molecule has 0 atom stereocenters. The molecule has 0 spiro atoms. The summed E-state index contributed by atoms with van der Waals surface area (Å²) in [6, 6.07) is 4.34. The number of hydrogen-bond acceptors (Lipinski definition) is 6. The highest BCUT2D eigenvalue weighted by atomic mass is 19.4.